The number of carbonyl (C=O) groups excluding carboxylic acids is 3. The number of hydrogen-bond donors (Lipinski definition) is 1. The molecule has 46 heavy (non-hydrogen) atoms. The van der Waals surface area contributed by atoms with Crippen molar-refractivity contribution in [1.82, 2.24) is 9.97 Å². The summed E-state index contributed by atoms with van der Waals surface area (Å²) < 4.78 is 28.4. The Morgan fingerprint density at radius 2 is 1.52 bits per heavy atom. The van der Waals surface area contributed by atoms with Crippen LogP contribution in [-0.4, -0.2) is 55.9 Å². The summed E-state index contributed by atoms with van der Waals surface area (Å²) in [7, 11) is 5.51. The lowest BCUT2D eigenvalue weighted by Gasteiger charge is -2.23. The zero-order chi connectivity index (χ0) is 33.3. The third-order valence-electron chi connectivity index (χ3n) is 7.31. The fourth-order valence-corrected chi connectivity index (χ4v) is 6.22. The van der Waals surface area contributed by atoms with E-state index in [1.165, 1.54) is 40.6 Å². The Kier molecular flexibility index (Phi) is 9.44. The van der Waals surface area contributed by atoms with Gasteiger partial charge in [0.1, 0.15) is 22.5 Å². The first-order valence-corrected chi connectivity index (χ1v) is 15.2. The van der Waals surface area contributed by atoms with Gasteiger partial charge in [-0.3, -0.25) is 9.59 Å². The van der Waals surface area contributed by atoms with Gasteiger partial charge in [-0.05, 0) is 68.1 Å². The number of esters is 1. The highest BCUT2D eigenvalue weighted by molar-refractivity contribution is 9.12. The Morgan fingerprint density at radius 1 is 0.826 bits per heavy atom. The van der Waals surface area contributed by atoms with Crippen molar-refractivity contribution in [3.05, 3.63) is 91.3 Å². The average Bonchev–Trinajstić information content (AvgIpc) is 3.06. The first-order valence-electron chi connectivity index (χ1n) is 13.6. The number of aromatic nitrogens is 2. The average molecular weight is 753 g/mol. The van der Waals surface area contributed by atoms with E-state index in [-0.39, 0.29) is 62.4 Å². The summed E-state index contributed by atoms with van der Waals surface area (Å²) in [6.45, 7) is 1.85. The number of allylic oxidation sites excluding steroid dienone is 2. The first-order chi connectivity index (χ1) is 22.1. The number of methoxy groups -OCH3 is 4. The molecule has 236 valence electrons. The van der Waals surface area contributed by atoms with E-state index in [1.54, 1.807) is 13.0 Å². The van der Waals surface area contributed by atoms with Crippen molar-refractivity contribution in [2.45, 2.75) is 13.5 Å². The summed E-state index contributed by atoms with van der Waals surface area (Å²) in [6, 6.07) is 14.2. The molecule has 11 nitrogen and oxygen atoms in total. The molecule has 13 heteroatoms. The van der Waals surface area contributed by atoms with Gasteiger partial charge in [0.2, 0.25) is 17.3 Å². The standard InChI is InChI=1S/C33H27Br2N3O8/c1-15-21(18-13-19(34)30(42-2)32(44-4)29(18)46-14-16-9-7-6-8-10-16)23(36)26(38-24(15)33(41)45-5)20-12-11-17-25(37-20)28(40)22(35)31(43-3)27(17)39/h6-13H,14,36H2,1-5H3. The summed E-state index contributed by atoms with van der Waals surface area (Å²) in [5.74, 6) is -0.993. The van der Waals surface area contributed by atoms with Gasteiger partial charge in [0.15, 0.2) is 23.0 Å². The van der Waals surface area contributed by atoms with Gasteiger partial charge in [0, 0.05) is 11.1 Å². The number of hydrogen-bond acceptors (Lipinski definition) is 11. The number of nitrogens with zero attached hydrogens (tertiary/aromatic N) is 2. The van der Waals surface area contributed by atoms with Crippen LogP contribution in [0.3, 0.4) is 0 Å². The molecule has 0 spiro atoms. The number of rotatable bonds is 9. The molecule has 0 aliphatic heterocycles. The van der Waals surface area contributed by atoms with E-state index >= 15 is 0 Å². The molecule has 2 aromatic carbocycles. The monoisotopic (exact) mass is 751 g/mol. The molecule has 0 fully saturated rings. The lowest BCUT2D eigenvalue weighted by Crippen LogP contribution is -2.22. The third-order valence-corrected chi connectivity index (χ3v) is 8.62. The molecule has 0 saturated carbocycles. The number of carbonyl (C=O) groups is 3. The van der Waals surface area contributed by atoms with Crippen molar-refractivity contribution >= 4 is 55.1 Å². The smallest absolute Gasteiger partial charge is 0.356 e. The number of ether oxygens (including phenoxy) is 5. The Hall–Kier alpha value is -4.75. The molecule has 4 aromatic rings. The molecule has 0 radical (unpaired) electrons. The Morgan fingerprint density at radius 3 is 2.15 bits per heavy atom. The van der Waals surface area contributed by atoms with Crippen molar-refractivity contribution < 1.29 is 38.1 Å². The van der Waals surface area contributed by atoms with Gasteiger partial charge in [-0.2, -0.15) is 0 Å². The van der Waals surface area contributed by atoms with Gasteiger partial charge in [0.05, 0.1) is 49.9 Å². The van der Waals surface area contributed by atoms with E-state index in [1.807, 2.05) is 30.3 Å². The van der Waals surface area contributed by atoms with Gasteiger partial charge < -0.3 is 29.4 Å². The van der Waals surface area contributed by atoms with Gasteiger partial charge in [-0.15, -0.1) is 0 Å². The number of halogens is 2. The van der Waals surface area contributed by atoms with Crippen LogP contribution in [0.25, 0.3) is 22.5 Å². The largest absolute Gasteiger partial charge is 0.492 e. The van der Waals surface area contributed by atoms with E-state index < -0.39 is 17.5 Å². The summed E-state index contributed by atoms with van der Waals surface area (Å²) in [5, 5.41) is 0. The van der Waals surface area contributed by atoms with Crippen LogP contribution in [-0.2, 0) is 16.1 Å². The van der Waals surface area contributed by atoms with Gasteiger partial charge in [-0.1, -0.05) is 30.3 Å². The van der Waals surface area contributed by atoms with Crippen molar-refractivity contribution in [3.8, 4) is 39.8 Å². The molecule has 2 N–H and O–H groups in total. The number of pyridine rings is 2. The van der Waals surface area contributed by atoms with E-state index in [2.05, 4.69) is 41.8 Å². The molecule has 1 aliphatic rings. The molecule has 0 unspecified atom stereocenters. The molecule has 0 saturated heterocycles. The summed E-state index contributed by atoms with van der Waals surface area (Å²) in [5.41, 5.74) is 9.16. The molecular formula is C33H27Br2N3O8. The zero-order valence-electron chi connectivity index (χ0n) is 25.3. The number of anilines is 1. The second-order valence-electron chi connectivity index (χ2n) is 9.89. The maximum absolute atomic E-state index is 13.2. The Bertz CT molecular complexity index is 1940. The van der Waals surface area contributed by atoms with E-state index in [0.717, 1.165) is 5.56 Å². The number of ketones is 2. The molecule has 2 aromatic heterocycles. The van der Waals surface area contributed by atoms with Crippen molar-refractivity contribution in [2.24, 2.45) is 0 Å². The zero-order valence-corrected chi connectivity index (χ0v) is 28.5. The predicted octanol–water partition coefficient (Wildman–Crippen LogP) is 6.48. The van der Waals surface area contributed by atoms with E-state index in [4.69, 9.17) is 29.4 Å². The van der Waals surface area contributed by atoms with Gasteiger partial charge in [-0.25, -0.2) is 14.8 Å². The number of benzene rings is 2. The Labute approximate surface area is 280 Å². The molecule has 5 rings (SSSR count). The maximum Gasteiger partial charge on any atom is 0.356 e. The fourth-order valence-electron chi connectivity index (χ4n) is 5.12. The minimum atomic E-state index is -0.731. The van der Waals surface area contributed by atoms with Crippen molar-refractivity contribution in [3.63, 3.8) is 0 Å². The molecule has 0 amide bonds. The van der Waals surface area contributed by atoms with Crippen LogP contribution in [0.15, 0.2) is 63.2 Å². The number of Topliss-reactive ketones (excluding diaryl/α,β-unsaturated/α-hetero) is 2. The van der Waals surface area contributed by atoms with Crippen LogP contribution in [0, 0.1) is 6.92 Å². The number of fused-ring (bicyclic) bond motifs is 1. The lowest BCUT2D eigenvalue weighted by atomic mass is 9.93. The quantitative estimate of drug-likeness (QED) is 0.187. The normalized spacial score (nSPS) is 12.5. The lowest BCUT2D eigenvalue weighted by molar-refractivity contribution is 0.0593. The van der Waals surface area contributed by atoms with Gasteiger partial charge >= 0.3 is 5.97 Å². The Balaban J connectivity index is 1.79. The van der Waals surface area contributed by atoms with Crippen LogP contribution in [0.5, 0.6) is 17.2 Å². The topological polar surface area (TPSA) is 149 Å². The minimum Gasteiger partial charge on any atom is -0.492 e. The highest BCUT2D eigenvalue weighted by atomic mass is 79.9. The summed E-state index contributed by atoms with van der Waals surface area (Å²) in [4.78, 5) is 48.3. The molecule has 2 heterocycles. The summed E-state index contributed by atoms with van der Waals surface area (Å²) in [6.07, 6.45) is 0. The van der Waals surface area contributed by atoms with Gasteiger partial charge in [0.25, 0.3) is 0 Å². The third kappa shape index (κ3) is 5.60. The van der Waals surface area contributed by atoms with Crippen molar-refractivity contribution in [2.75, 3.05) is 34.2 Å². The highest BCUT2D eigenvalue weighted by Gasteiger charge is 2.35. The second-order valence-corrected chi connectivity index (χ2v) is 11.5. The fraction of sp³-hybridized carbons (Fsp3) is 0.182. The molecule has 1 aliphatic carbocycles. The molecule has 0 bridgehead atoms. The van der Waals surface area contributed by atoms with E-state index in [0.29, 0.717) is 26.9 Å². The highest BCUT2D eigenvalue weighted by Crippen LogP contribution is 2.52. The SMILES string of the molecule is COC(=O)c1nc(-c2ccc3c(n2)C(=O)C(Br)=C(OC)C3=O)c(N)c(-c2cc(Br)c(OC)c(OC)c2OCc2ccccc2)c1C. The van der Waals surface area contributed by atoms with Crippen LogP contribution in [0.2, 0.25) is 0 Å². The van der Waals surface area contributed by atoms with Crippen LogP contribution < -0.4 is 19.9 Å². The minimum absolute atomic E-state index is 0.0494. The van der Waals surface area contributed by atoms with Crippen LogP contribution in [0.4, 0.5) is 5.69 Å². The molecule has 0 atom stereocenters. The number of nitrogen functional groups attached to an aromatic ring is 1. The number of nitrogens with two attached hydrogens (primary N) is 1. The maximum atomic E-state index is 13.2. The van der Waals surface area contributed by atoms with Crippen LogP contribution in [0.1, 0.15) is 42.5 Å². The first kappa shape index (κ1) is 32.6. The molecular weight excluding hydrogens is 726 g/mol. The predicted molar refractivity (Wildman–Crippen MR) is 177 cm³/mol. The van der Waals surface area contributed by atoms with E-state index in [9.17, 15) is 14.4 Å². The second kappa shape index (κ2) is 13.3. The van der Waals surface area contributed by atoms with Crippen molar-refractivity contribution in [1.29, 1.82) is 0 Å². The van der Waals surface area contributed by atoms with Crippen LogP contribution >= 0.6 is 31.9 Å². The summed E-state index contributed by atoms with van der Waals surface area (Å²) >= 11 is 6.71.